The summed E-state index contributed by atoms with van der Waals surface area (Å²) in [6.07, 6.45) is 1.30. The van der Waals surface area contributed by atoms with Gasteiger partial charge in [0, 0.05) is 30.5 Å². The topological polar surface area (TPSA) is 56.2 Å². The van der Waals surface area contributed by atoms with Crippen LogP contribution in [0.2, 0.25) is 5.02 Å². The number of nitrogens with one attached hydrogen (secondary N) is 1. The molecule has 0 unspecified atom stereocenters. The van der Waals surface area contributed by atoms with Crippen LogP contribution < -0.4 is 5.32 Å². The van der Waals surface area contributed by atoms with Crippen LogP contribution in [0.3, 0.4) is 0 Å². The second-order valence-electron chi connectivity index (χ2n) is 8.29. The zero-order valence-electron chi connectivity index (χ0n) is 18.0. The molecule has 0 saturated carbocycles. The van der Waals surface area contributed by atoms with E-state index in [9.17, 15) is 4.79 Å². The van der Waals surface area contributed by atoms with E-state index >= 15 is 0 Å². The third-order valence-corrected chi connectivity index (χ3v) is 6.27. The van der Waals surface area contributed by atoms with Crippen LogP contribution in [0.25, 0.3) is 0 Å². The molecule has 1 aromatic heterocycles. The zero-order chi connectivity index (χ0) is 21.8. The highest BCUT2D eigenvalue weighted by Crippen LogP contribution is 2.36. The normalized spacial score (nSPS) is 15.6. The van der Waals surface area contributed by atoms with Gasteiger partial charge in [-0.3, -0.25) is 9.48 Å². The van der Waals surface area contributed by atoms with Crippen molar-refractivity contribution in [3.05, 3.63) is 87.7 Å². The van der Waals surface area contributed by atoms with Crippen LogP contribution in [0.5, 0.6) is 0 Å². The molecule has 0 radical (unpaired) electrons. The van der Waals surface area contributed by atoms with Crippen molar-refractivity contribution in [2.45, 2.75) is 45.2 Å². The molecule has 1 aliphatic heterocycles. The molecule has 1 saturated heterocycles. The predicted octanol–water partition coefficient (Wildman–Crippen LogP) is 4.57. The SMILES string of the molecule is Cc1cc(C)n(Cc2cccc(CNC(=O)C3(c4cccc(Cl)c4)CCOCC3)c2)n1. The third kappa shape index (κ3) is 4.83. The summed E-state index contributed by atoms with van der Waals surface area (Å²) in [6.45, 7) is 6.39. The van der Waals surface area contributed by atoms with Gasteiger partial charge in [0.25, 0.3) is 0 Å². The monoisotopic (exact) mass is 437 g/mol. The quantitative estimate of drug-likeness (QED) is 0.614. The van der Waals surface area contributed by atoms with Crippen molar-refractivity contribution in [3.63, 3.8) is 0 Å². The molecule has 2 heterocycles. The molecule has 0 aliphatic carbocycles. The predicted molar refractivity (Wildman–Crippen MR) is 122 cm³/mol. The molecule has 2 aromatic carbocycles. The lowest BCUT2D eigenvalue weighted by atomic mass is 9.73. The standard InChI is InChI=1S/C25H28ClN3O2/c1-18-13-19(2)29(28-18)17-21-6-3-5-20(14-21)16-27-24(30)25(9-11-31-12-10-25)22-7-4-8-23(26)15-22/h3-8,13-15H,9-12,16-17H2,1-2H3,(H,27,30). The average molecular weight is 438 g/mol. The van der Waals surface area contributed by atoms with Crippen molar-refractivity contribution in [3.8, 4) is 0 Å². The second-order valence-corrected chi connectivity index (χ2v) is 8.73. The average Bonchev–Trinajstić information content (AvgIpc) is 3.09. The van der Waals surface area contributed by atoms with Crippen molar-refractivity contribution in [2.24, 2.45) is 0 Å². The van der Waals surface area contributed by atoms with E-state index in [-0.39, 0.29) is 5.91 Å². The summed E-state index contributed by atoms with van der Waals surface area (Å²) in [6, 6.07) is 18.0. The largest absolute Gasteiger partial charge is 0.381 e. The lowest BCUT2D eigenvalue weighted by Crippen LogP contribution is -2.47. The Morgan fingerprint density at radius 1 is 1.10 bits per heavy atom. The molecule has 1 aliphatic rings. The van der Waals surface area contributed by atoms with E-state index in [1.165, 1.54) is 0 Å². The first-order valence-corrected chi connectivity index (χ1v) is 11.0. The van der Waals surface area contributed by atoms with Gasteiger partial charge in [0.05, 0.1) is 17.7 Å². The molecule has 31 heavy (non-hydrogen) atoms. The molecule has 3 aromatic rings. The van der Waals surface area contributed by atoms with Gasteiger partial charge in [0.1, 0.15) is 0 Å². The molecule has 1 fully saturated rings. The number of nitrogens with zero attached hydrogens (tertiary/aromatic N) is 2. The fourth-order valence-electron chi connectivity index (χ4n) is 4.35. The molecule has 162 valence electrons. The first-order valence-electron chi connectivity index (χ1n) is 10.7. The Kier molecular flexibility index (Phi) is 6.44. The van der Waals surface area contributed by atoms with Gasteiger partial charge >= 0.3 is 0 Å². The van der Waals surface area contributed by atoms with Crippen LogP contribution in [0.1, 0.15) is 40.9 Å². The summed E-state index contributed by atoms with van der Waals surface area (Å²) in [5.74, 6) is 0.0296. The number of halogens is 1. The number of ether oxygens (including phenoxy) is 1. The van der Waals surface area contributed by atoms with Gasteiger partial charge in [-0.05, 0) is 61.6 Å². The van der Waals surface area contributed by atoms with E-state index in [0.29, 0.717) is 44.2 Å². The molecule has 5 nitrogen and oxygen atoms in total. The molecular formula is C25H28ClN3O2. The minimum Gasteiger partial charge on any atom is -0.381 e. The van der Waals surface area contributed by atoms with Gasteiger partial charge < -0.3 is 10.1 Å². The van der Waals surface area contributed by atoms with Crippen LogP contribution in [0.4, 0.5) is 0 Å². The van der Waals surface area contributed by atoms with Crippen molar-refractivity contribution < 1.29 is 9.53 Å². The van der Waals surface area contributed by atoms with Crippen molar-refractivity contribution in [2.75, 3.05) is 13.2 Å². The van der Waals surface area contributed by atoms with E-state index in [1.807, 2.05) is 48.0 Å². The van der Waals surface area contributed by atoms with Gasteiger partial charge in [-0.2, -0.15) is 5.10 Å². The smallest absolute Gasteiger partial charge is 0.231 e. The van der Waals surface area contributed by atoms with Crippen molar-refractivity contribution in [1.29, 1.82) is 0 Å². The number of aromatic nitrogens is 2. The van der Waals surface area contributed by atoms with Gasteiger partial charge in [0.15, 0.2) is 0 Å². The Hall–Kier alpha value is -2.63. The van der Waals surface area contributed by atoms with E-state index in [1.54, 1.807) is 0 Å². The van der Waals surface area contributed by atoms with Crippen LogP contribution >= 0.6 is 11.6 Å². The highest BCUT2D eigenvalue weighted by molar-refractivity contribution is 6.30. The number of hydrogen-bond acceptors (Lipinski definition) is 3. The summed E-state index contributed by atoms with van der Waals surface area (Å²) < 4.78 is 7.56. The number of aryl methyl sites for hydroxylation is 2. The minimum absolute atomic E-state index is 0.0296. The lowest BCUT2D eigenvalue weighted by molar-refractivity contribution is -0.130. The summed E-state index contributed by atoms with van der Waals surface area (Å²) in [5.41, 5.74) is 4.74. The van der Waals surface area contributed by atoms with Crippen molar-refractivity contribution >= 4 is 17.5 Å². The van der Waals surface area contributed by atoms with Gasteiger partial charge in [-0.25, -0.2) is 0 Å². The van der Waals surface area contributed by atoms with E-state index in [4.69, 9.17) is 16.3 Å². The number of hydrogen-bond donors (Lipinski definition) is 1. The Morgan fingerprint density at radius 3 is 2.55 bits per heavy atom. The Morgan fingerprint density at radius 2 is 1.84 bits per heavy atom. The third-order valence-electron chi connectivity index (χ3n) is 6.04. The van der Waals surface area contributed by atoms with Gasteiger partial charge in [-0.15, -0.1) is 0 Å². The van der Waals surface area contributed by atoms with E-state index in [0.717, 1.165) is 28.1 Å². The molecule has 1 amide bonds. The summed E-state index contributed by atoms with van der Waals surface area (Å²) >= 11 is 6.23. The Balaban J connectivity index is 1.48. The maximum atomic E-state index is 13.4. The molecule has 1 N–H and O–H groups in total. The molecule has 0 bridgehead atoms. The molecule has 0 spiro atoms. The second kappa shape index (κ2) is 9.25. The van der Waals surface area contributed by atoms with Gasteiger partial charge in [0.2, 0.25) is 5.91 Å². The van der Waals surface area contributed by atoms with Crippen LogP contribution in [0, 0.1) is 13.8 Å². The fraction of sp³-hybridized carbons (Fsp3) is 0.360. The molecule has 0 atom stereocenters. The number of amides is 1. The van der Waals surface area contributed by atoms with E-state index < -0.39 is 5.41 Å². The van der Waals surface area contributed by atoms with Crippen LogP contribution in [-0.2, 0) is 28.0 Å². The summed E-state index contributed by atoms with van der Waals surface area (Å²) in [7, 11) is 0. The Bertz CT molecular complexity index is 1070. The summed E-state index contributed by atoms with van der Waals surface area (Å²) in [4.78, 5) is 13.4. The Labute approximate surface area is 188 Å². The van der Waals surface area contributed by atoms with E-state index in [2.05, 4.69) is 35.5 Å². The van der Waals surface area contributed by atoms with Crippen LogP contribution in [-0.4, -0.2) is 28.9 Å². The number of rotatable bonds is 6. The summed E-state index contributed by atoms with van der Waals surface area (Å²) in [5, 5.41) is 8.36. The number of benzene rings is 2. The number of carbonyl (C=O) groups is 1. The first kappa shape index (κ1) is 21.6. The van der Waals surface area contributed by atoms with Crippen LogP contribution in [0.15, 0.2) is 54.6 Å². The molecule has 6 heteroatoms. The highest BCUT2D eigenvalue weighted by atomic mass is 35.5. The molecule has 4 rings (SSSR count). The van der Waals surface area contributed by atoms with Crippen molar-refractivity contribution in [1.82, 2.24) is 15.1 Å². The van der Waals surface area contributed by atoms with Gasteiger partial charge in [-0.1, -0.05) is 48.0 Å². The molecular weight excluding hydrogens is 410 g/mol. The maximum absolute atomic E-state index is 13.4. The zero-order valence-corrected chi connectivity index (χ0v) is 18.8. The minimum atomic E-state index is -0.607. The highest BCUT2D eigenvalue weighted by Gasteiger charge is 2.41. The fourth-order valence-corrected chi connectivity index (χ4v) is 4.54. The lowest BCUT2D eigenvalue weighted by Gasteiger charge is -2.36. The first-order chi connectivity index (χ1) is 15.0. The maximum Gasteiger partial charge on any atom is 0.231 e. The number of carbonyl (C=O) groups excluding carboxylic acids is 1.